The average Bonchev–Trinajstić information content (AvgIpc) is 3.31. The minimum Gasteiger partial charge on any atom is -0.474 e. The Bertz CT molecular complexity index is 1070. The maximum Gasteiger partial charge on any atom is 0.394 e. The molecule has 2 rings (SSSR count). The molecule has 1 aromatic carbocycles. The molecule has 0 aliphatic rings. The Morgan fingerprint density at radius 1 is 0.944 bits per heavy atom. The minimum absolute atomic E-state index is 0.0176. The topological polar surface area (TPSA) is 104 Å². The molecule has 7 nitrogen and oxygen atoms in total. The molecule has 0 bridgehead atoms. The molecule has 0 unspecified atom stereocenters. The van der Waals surface area contributed by atoms with Crippen molar-refractivity contribution < 1.29 is 23.1 Å². The molecular weight excluding hydrogens is 520 g/mol. The van der Waals surface area contributed by atoms with Gasteiger partial charge in [0.1, 0.15) is 4.21 Å². The van der Waals surface area contributed by atoms with Gasteiger partial charge in [-0.05, 0) is 36.2 Å². The second-order valence-electron chi connectivity index (χ2n) is 8.90. The van der Waals surface area contributed by atoms with Gasteiger partial charge in [0, 0.05) is 23.0 Å². The first-order valence-corrected chi connectivity index (χ1v) is 15.3. The van der Waals surface area contributed by atoms with Gasteiger partial charge in [-0.1, -0.05) is 88.4 Å². The number of sulfonamides is 1. The molecule has 0 atom stereocenters. The minimum atomic E-state index is -3.66. The third-order valence-electron chi connectivity index (χ3n) is 5.80. The predicted molar refractivity (Wildman–Crippen MR) is 145 cm³/mol. The van der Waals surface area contributed by atoms with Crippen LogP contribution in [0.1, 0.15) is 81.6 Å². The lowest BCUT2D eigenvalue weighted by atomic mass is 10.1. The molecule has 1 amide bonds. The smallest absolute Gasteiger partial charge is 0.394 e. The number of unbranched alkanes of at least 4 members (excludes halogenated alkanes) is 9. The third-order valence-corrected chi connectivity index (χ3v) is 9.06. The highest BCUT2D eigenvalue weighted by Crippen LogP contribution is 2.24. The number of carbonyl (C=O) groups excluding carboxylic acids is 1. The number of hydrogen-bond donors (Lipinski definition) is 2. The van der Waals surface area contributed by atoms with E-state index in [2.05, 4.69) is 11.6 Å². The van der Waals surface area contributed by atoms with Crippen molar-refractivity contribution in [2.45, 2.75) is 88.4 Å². The van der Waals surface area contributed by atoms with Gasteiger partial charge in [0.05, 0.1) is 6.54 Å². The second-order valence-corrected chi connectivity index (χ2v) is 12.5. The van der Waals surface area contributed by atoms with Crippen molar-refractivity contribution in [1.29, 1.82) is 0 Å². The van der Waals surface area contributed by atoms with Crippen LogP contribution in [0.4, 0.5) is 0 Å². The van der Waals surface area contributed by atoms with E-state index in [1.807, 2.05) is 0 Å². The Morgan fingerprint density at radius 2 is 1.58 bits per heavy atom. The number of amides is 1. The van der Waals surface area contributed by atoms with Crippen molar-refractivity contribution in [3.63, 3.8) is 0 Å². The summed E-state index contributed by atoms with van der Waals surface area (Å²) in [5, 5.41) is 9.69. The van der Waals surface area contributed by atoms with E-state index in [-0.39, 0.29) is 17.3 Å². The molecule has 1 aromatic heterocycles. The average molecular weight is 557 g/mol. The summed E-state index contributed by atoms with van der Waals surface area (Å²) in [6.07, 6.45) is 11.8. The van der Waals surface area contributed by atoms with Gasteiger partial charge in [0.15, 0.2) is 0 Å². The van der Waals surface area contributed by atoms with Crippen LogP contribution in [0, 0.1) is 0 Å². The van der Waals surface area contributed by atoms with Crippen LogP contribution in [0.15, 0.2) is 40.6 Å². The summed E-state index contributed by atoms with van der Waals surface area (Å²) in [6, 6.07) is 9.91. The van der Waals surface area contributed by atoms with E-state index in [4.69, 9.17) is 11.6 Å². The Kier molecular flexibility index (Phi) is 13.5. The molecule has 0 aliphatic carbocycles. The van der Waals surface area contributed by atoms with E-state index in [9.17, 15) is 23.1 Å². The van der Waals surface area contributed by atoms with E-state index in [0.717, 1.165) is 35.5 Å². The number of nitrogens with zero attached hydrogens (tertiary/aromatic N) is 1. The fourth-order valence-corrected chi connectivity index (χ4v) is 6.56. The summed E-state index contributed by atoms with van der Waals surface area (Å²) < 4.78 is 28.1. The van der Waals surface area contributed by atoms with E-state index in [1.54, 1.807) is 30.3 Å². The van der Waals surface area contributed by atoms with Gasteiger partial charge in [0.2, 0.25) is 10.0 Å². The number of aliphatic carboxylic acids is 1. The standard InChI is InChI=1S/C26H37ClN2O5S2/c1-2-3-4-5-6-7-8-9-10-11-17-28-36(33,34)24-16-15-23(35-24)20-29(25(30)26(31)32)19-21-13-12-14-22(27)18-21/h12-16,18,28H,2-11,17,19-20H2,1H3,(H,31,32). The predicted octanol–water partition coefficient (Wildman–Crippen LogP) is 6.21. The SMILES string of the molecule is CCCCCCCCCCCCNS(=O)(=O)c1ccc(CN(Cc2cccc(Cl)c2)C(=O)C(=O)O)s1. The molecule has 1 heterocycles. The van der Waals surface area contributed by atoms with Gasteiger partial charge >= 0.3 is 11.9 Å². The van der Waals surface area contributed by atoms with E-state index in [0.29, 0.717) is 22.0 Å². The molecule has 0 saturated heterocycles. The first-order chi connectivity index (χ1) is 17.2. The highest BCUT2D eigenvalue weighted by Gasteiger charge is 2.23. The fraction of sp³-hybridized carbons (Fsp3) is 0.538. The zero-order valence-corrected chi connectivity index (χ0v) is 23.3. The fourth-order valence-electron chi connectivity index (χ4n) is 3.86. The summed E-state index contributed by atoms with van der Waals surface area (Å²) in [7, 11) is -3.66. The first kappa shape index (κ1) is 30.3. The first-order valence-electron chi connectivity index (χ1n) is 12.6. The van der Waals surface area contributed by atoms with Crippen molar-refractivity contribution >= 4 is 44.8 Å². The van der Waals surface area contributed by atoms with Crippen LogP contribution in [0.5, 0.6) is 0 Å². The van der Waals surface area contributed by atoms with E-state index < -0.39 is 21.9 Å². The summed E-state index contributed by atoms with van der Waals surface area (Å²) >= 11 is 7.03. The van der Waals surface area contributed by atoms with Crippen LogP contribution in [0.25, 0.3) is 0 Å². The molecule has 10 heteroatoms. The van der Waals surface area contributed by atoms with E-state index in [1.165, 1.54) is 51.0 Å². The lowest BCUT2D eigenvalue weighted by Crippen LogP contribution is -2.35. The Balaban J connectivity index is 1.82. The molecule has 2 N–H and O–H groups in total. The largest absolute Gasteiger partial charge is 0.474 e. The summed E-state index contributed by atoms with van der Waals surface area (Å²) in [4.78, 5) is 25.3. The van der Waals surface area contributed by atoms with Gasteiger partial charge in [-0.15, -0.1) is 11.3 Å². The quantitative estimate of drug-likeness (QED) is 0.178. The molecular formula is C26H37ClN2O5S2. The van der Waals surface area contributed by atoms with Crippen LogP contribution in [-0.4, -0.2) is 36.8 Å². The maximum absolute atomic E-state index is 12.7. The van der Waals surface area contributed by atoms with Crippen LogP contribution in [-0.2, 0) is 32.7 Å². The van der Waals surface area contributed by atoms with Crippen molar-refractivity contribution in [1.82, 2.24) is 9.62 Å². The molecule has 0 spiro atoms. The number of benzene rings is 1. The van der Waals surface area contributed by atoms with Crippen LogP contribution >= 0.6 is 22.9 Å². The Morgan fingerprint density at radius 3 is 2.19 bits per heavy atom. The zero-order valence-electron chi connectivity index (χ0n) is 20.9. The maximum atomic E-state index is 12.7. The molecule has 0 saturated carbocycles. The Labute approximate surface area is 223 Å². The molecule has 0 radical (unpaired) electrons. The van der Waals surface area contributed by atoms with Crippen LogP contribution in [0.3, 0.4) is 0 Å². The van der Waals surface area contributed by atoms with Gasteiger partial charge in [0.25, 0.3) is 0 Å². The number of carboxylic acid groups (broad SMARTS) is 1. The second kappa shape index (κ2) is 16.0. The molecule has 2 aromatic rings. The Hall–Kier alpha value is -1.94. The summed E-state index contributed by atoms with van der Waals surface area (Å²) in [5.74, 6) is -2.63. The summed E-state index contributed by atoms with van der Waals surface area (Å²) in [6.45, 7) is 2.62. The number of rotatable bonds is 17. The van der Waals surface area contributed by atoms with Crippen molar-refractivity contribution in [2.75, 3.05) is 6.54 Å². The van der Waals surface area contributed by atoms with Crippen molar-refractivity contribution in [3.8, 4) is 0 Å². The molecule has 0 fully saturated rings. The van der Waals surface area contributed by atoms with Crippen molar-refractivity contribution in [3.05, 3.63) is 51.9 Å². The van der Waals surface area contributed by atoms with Gasteiger partial charge in [-0.3, -0.25) is 4.79 Å². The number of hydrogen-bond acceptors (Lipinski definition) is 5. The number of thiophene rings is 1. The zero-order chi connectivity index (χ0) is 26.4. The highest BCUT2D eigenvalue weighted by atomic mass is 35.5. The summed E-state index contributed by atoms with van der Waals surface area (Å²) in [5.41, 5.74) is 0.680. The number of nitrogens with one attached hydrogen (secondary N) is 1. The molecule has 0 aliphatic heterocycles. The van der Waals surface area contributed by atoms with Crippen molar-refractivity contribution in [2.24, 2.45) is 0 Å². The normalized spacial score (nSPS) is 11.5. The van der Waals surface area contributed by atoms with Crippen LogP contribution < -0.4 is 4.72 Å². The lowest BCUT2D eigenvalue weighted by Gasteiger charge is -2.20. The van der Waals surface area contributed by atoms with Gasteiger partial charge in [-0.25, -0.2) is 17.9 Å². The molecule has 36 heavy (non-hydrogen) atoms. The molecule has 200 valence electrons. The number of carbonyl (C=O) groups is 2. The number of halogens is 1. The van der Waals surface area contributed by atoms with E-state index >= 15 is 0 Å². The number of carboxylic acids is 1. The van der Waals surface area contributed by atoms with Gasteiger partial charge in [-0.2, -0.15) is 0 Å². The van der Waals surface area contributed by atoms with Crippen LogP contribution in [0.2, 0.25) is 5.02 Å². The lowest BCUT2D eigenvalue weighted by molar-refractivity contribution is -0.156. The van der Waals surface area contributed by atoms with Gasteiger partial charge < -0.3 is 10.0 Å². The highest BCUT2D eigenvalue weighted by molar-refractivity contribution is 7.91. The third kappa shape index (κ3) is 11.0. The monoisotopic (exact) mass is 556 g/mol.